The highest BCUT2D eigenvalue weighted by molar-refractivity contribution is 6.04. The number of ether oxygens (including phenoxy) is 1. The lowest BCUT2D eigenvalue weighted by Crippen LogP contribution is -2.45. The standard InChI is InChI=1S/C41H53N17O10/c1-41(2,3)68-40(67)53-52-31(61)11-14-45-37(64)33-50-27(21-57(33)7)48-29(59)9-12-44-36(63)26-18-24(20-56(26)6)47-39(66)34-51-28(22-58(34)8)49-30(60)10-13-43-35(62)25-17-23(19-55(25)5)46-38(65)32-42-15-16-54(32)4/h15-22H,9-14H2,1-8H3,(H,43,62)(H,44,63)(H,45,64)(H,46,65)(H,47,66)(H,48,59)(H,49,60)(H,52,61)(H,53,67). The van der Waals surface area contributed by atoms with E-state index in [4.69, 9.17) is 4.74 Å². The van der Waals surface area contributed by atoms with Crippen molar-refractivity contribution in [2.24, 2.45) is 35.2 Å². The van der Waals surface area contributed by atoms with Gasteiger partial charge in [-0.25, -0.2) is 25.2 Å². The number of imidazole rings is 3. The lowest BCUT2D eigenvalue weighted by atomic mass is 10.2. The maximum absolute atomic E-state index is 13.2. The van der Waals surface area contributed by atoms with Gasteiger partial charge in [0.1, 0.15) is 17.0 Å². The van der Waals surface area contributed by atoms with Gasteiger partial charge >= 0.3 is 6.09 Å². The van der Waals surface area contributed by atoms with Crippen LogP contribution >= 0.6 is 0 Å². The van der Waals surface area contributed by atoms with Crippen LogP contribution in [0.2, 0.25) is 0 Å². The first kappa shape index (κ1) is 50.2. The van der Waals surface area contributed by atoms with E-state index in [1.165, 1.54) is 62.2 Å². The summed E-state index contributed by atoms with van der Waals surface area (Å²) in [6, 6.07) is 2.92. The van der Waals surface area contributed by atoms with Crippen LogP contribution in [0.4, 0.5) is 27.8 Å². The molecular formula is C41H53N17O10. The average Bonchev–Trinajstić information content (AvgIpc) is 4.08. The average molecular weight is 944 g/mol. The van der Waals surface area contributed by atoms with Gasteiger partial charge in [-0.15, -0.1) is 0 Å². The second-order valence-corrected chi connectivity index (χ2v) is 16.1. The highest BCUT2D eigenvalue weighted by Crippen LogP contribution is 2.17. The normalized spacial score (nSPS) is 10.9. The van der Waals surface area contributed by atoms with Crippen LogP contribution in [-0.4, -0.2) is 116 Å². The van der Waals surface area contributed by atoms with Gasteiger partial charge in [0.25, 0.3) is 29.5 Å². The third kappa shape index (κ3) is 14.1. The Kier molecular flexibility index (Phi) is 16.2. The first-order chi connectivity index (χ1) is 32.1. The van der Waals surface area contributed by atoms with Crippen molar-refractivity contribution in [1.29, 1.82) is 0 Å². The van der Waals surface area contributed by atoms with Crippen molar-refractivity contribution in [2.75, 3.05) is 40.9 Å². The zero-order valence-electron chi connectivity index (χ0n) is 38.5. The molecule has 0 aliphatic heterocycles. The summed E-state index contributed by atoms with van der Waals surface area (Å²) in [7, 11) is 7.99. The van der Waals surface area contributed by atoms with Gasteiger partial charge in [-0.1, -0.05) is 0 Å². The molecule has 0 unspecified atom stereocenters. The largest absolute Gasteiger partial charge is 0.443 e. The van der Waals surface area contributed by atoms with Crippen molar-refractivity contribution in [3.05, 3.63) is 78.2 Å². The molecule has 5 aromatic rings. The Morgan fingerprint density at radius 2 is 0.956 bits per heavy atom. The Hall–Kier alpha value is -8.78. The number of nitrogens with zero attached hydrogens (tertiary/aromatic N) is 8. The number of hydrogen-bond acceptors (Lipinski definition) is 13. The Morgan fingerprint density at radius 1 is 0.515 bits per heavy atom. The van der Waals surface area contributed by atoms with Crippen LogP contribution in [-0.2, 0) is 54.4 Å². The van der Waals surface area contributed by atoms with Gasteiger partial charge in [0.15, 0.2) is 17.5 Å². The van der Waals surface area contributed by atoms with Crippen molar-refractivity contribution >= 4 is 76.4 Å². The number of nitrogens with one attached hydrogen (secondary N) is 9. The van der Waals surface area contributed by atoms with Crippen molar-refractivity contribution < 1.29 is 47.9 Å². The van der Waals surface area contributed by atoms with Gasteiger partial charge in [0, 0.05) is 111 Å². The summed E-state index contributed by atoms with van der Waals surface area (Å²) in [6.07, 6.45) is 7.77. The van der Waals surface area contributed by atoms with E-state index in [1.54, 1.807) is 65.9 Å². The zero-order valence-corrected chi connectivity index (χ0v) is 38.5. The van der Waals surface area contributed by atoms with E-state index >= 15 is 0 Å². The molecule has 5 aromatic heterocycles. The monoisotopic (exact) mass is 943 g/mol. The second-order valence-electron chi connectivity index (χ2n) is 16.1. The van der Waals surface area contributed by atoms with E-state index in [0.29, 0.717) is 5.69 Å². The molecule has 0 aliphatic rings. The summed E-state index contributed by atoms with van der Waals surface area (Å²) >= 11 is 0. The van der Waals surface area contributed by atoms with E-state index < -0.39 is 59.0 Å². The minimum Gasteiger partial charge on any atom is -0.443 e. The number of aryl methyl sites for hydroxylation is 5. The van der Waals surface area contributed by atoms with Crippen molar-refractivity contribution in [3.63, 3.8) is 0 Å². The van der Waals surface area contributed by atoms with Crippen molar-refractivity contribution in [3.8, 4) is 0 Å². The summed E-state index contributed by atoms with van der Waals surface area (Å²) in [5.74, 6) is -4.04. The highest BCUT2D eigenvalue weighted by Gasteiger charge is 2.22. The lowest BCUT2D eigenvalue weighted by molar-refractivity contribution is -0.122. The molecule has 0 fully saturated rings. The van der Waals surface area contributed by atoms with E-state index in [9.17, 15) is 43.2 Å². The van der Waals surface area contributed by atoms with E-state index in [-0.39, 0.29) is 85.1 Å². The van der Waals surface area contributed by atoms with Gasteiger partial charge in [-0.2, -0.15) is 0 Å². The summed E-state index contributed by atoms with van der Waals surface area (Å²) in [5.41, 5.74) is 4.59. The van der Waals surface area contributed by atoms with Gasteiger partial charge < -0.3 is 64.8 Å². The van der Waals surface area contributed by atoms with Gasteiger partial charge in [0.05, 0.1) is 11.4 Å². The summed E-state index contributed by atoms with van der Waals surface area (Å²) < 4.78 is 12.4. The van der Waals surface area contributed by atoms with Gasteiger partial charge in [0.2, 0.25) is 29.4 Å². The predicted molar refractivity (Wildman–Crippen MR) is 242 cm³/mol. The minimum atomic E-state index is -0.841. The second kappa shape index (κ2) is 21.9. The van der Waals surface area contributed by atoms with Crippen LogP contribution < -0.4 is 48.1 Å². The van der Waals surface area contributed by atoms with Crippen LogP contribution in [0.5, 0.6) is 0 Å². The van der Waals surface area contributed by atoms with Gasteiger partial charge in [-0.05, 0) is 32.9 Å². The molecule has 0 atom stereocenters. The maximum atomic E-state index is 13.2. The fraction of sp³-hybridized carbons (Fsp3) is 0.366. The number of amides is 9. The van der Waals surface area contributed by atoms with Crippen molar-refractivity contribution in [1.82, 2.24) is 64.6 Å². The van der Waals surface area contributed by atoms with Crippen LogP contribution in [0.15, 0.2) is 49.3 Å². The Balaban J connectivity index is 1.01. The zero-order chi connectivity index (χ0) is 49.9. The molecule has 27 nitrogen and oxygen atoms in total. The molecule has 5 heterocycles. The molecule has 0 saturated carbocycles. The van der Waals surface area contributed by atoms with E-state index in [0.717, 1.165) is 0 Å². The summed E-state index contributed by atoms with van der Waals surface area (Å²) in [4.78, 5) is 126. The molecule has 5 rings (SSSR count). The molecule has 0 aliphatic carbocycles. The van der Waals surface area contributed by atoms with Crippen molar-refractivity contribution in [2.45, 2.75) is 45.6 Å². The molecule has 9 N–H and O–H groups in total. The number of carbonyl (C=O) groups is 9. The number of hydrogen-bond donors (Lipinski definition) is 9. The molecular weight excluding hydrogens is 891 g/mol. The molecule has 27 heteroatoms. The fourth-order valence-electron chi connectivity index (χ4n) is 6.18. The maximum Gasteiger partial charge on any atom is 0.426 e. The van der Waals surface area contributed by atoms with Crippen LogP contribution in [0.1, 0.15) is 92.9 Å². The predicted octanol–water partition coefficient (Wildman–Crippen LogP) is 0.262. The van der Waals surface area contributed by atoms with Crippen LogP contribution in [0.3, 0.4) is 0 Å². The molecule has 0 radical (unpaired) electrons. The molecule has 362 valence electrons. The first-order valence-corrected chi connectivity index (χ1v) is 20.8. The summed E-state index contributed by atoms with van der Waals surface area (Å²) in [6.45, 7) is 4.82. The van der Waals surface area contributed by atoms with Crippen LogP contribution in [0, 0.1) is 0 Å². The smallest absolute Gasteiger partial charge is 0.426 e. The summed E-state index contributed by atoms with van der Waals surface area (Å²) in [5, 5.41) is 18.3. The third-order valence-corrected chi connectivity index (χ3v) is 9.32. The minimum absolute atomic E-state index is 0.0248. The fourth-order valence-corrected chi connectivity index (χ4v) is 6.18. The third-order valence-electron chi connectivity index (χ3n) is 9.32. The quantitative estimate of drug-likeness (QED) is 0.0533. The van der Waals surface area contributed by atoms with E-state index in [1.807, 2.05) is 0 Å². The molecule has 9 amide bonds. The number of aromatic nitrogens is 8. The number of carbonyl (C=O) groups excluding carboxylic acids is 9. The highest BCUT2D eigenvalue weighted by atomic mass is 16.6. The Bertz CT molecular complexity index is 2730. The SMILES string of the molecule is Cn1cc(NC(=O)c2nc(NC(=O)CCNC(=O)c3cc(NC(=O)c4nccn4C)cn3C)cn2C)cc1C(=O)NCCC(=O)Nc1cn(C)c(C(=O)NCCC(=O)NNC(=O)OC(C)(C)C)n1. The number of anilines is 4. The molecule has 0 bridgehead atoms. The molecule has 0 spiro atoms. The molecule has 68 heavy (non-hydrogen) atoms. The van der Waals surface area contributed by atoms with E-state index in [2.05, 4.69) is 63.0 Å². The topological polar surface area (TPSA) is 334 Å². The number of hydrazine groups is 1. The first-order valence-electron chi connectivity index (χ1n) is 20.8. The Labute approximate surface area is 388 Å². The lowest BCUT2D eigenvalue weighted by Gasteiger charge is -2.19. The Morgan fingerprint density at radius 3 is 1.41 bits per heavy atom. The molecule has 0 aromatic carbocycles. The van der Waals surface area contributed by atoms with Crippen LogP contribution in [0.25, 0.3) is 0 Å². The molecule has 0 saturated heterocycles. The number of rotatable bonds is 18. The van der Waals surface area contributed by atoms with Gasteiger partial charge in [-0.3, -0.25) is 43.8 Å².